The SMILES string of the molecule is COc1ccc(C(Br)C(C)(C)S(C)(=O)=O)c(OC)c1. The Morgan fingerprint density at radius 2 is 1.79 bits per heavy atom. The number of hydrogen-bond donors (Lipinski definition) is 0. The van der Waals surface area contributed by atoms with Gasteiger partial charge in [0.05, 0.1) is 23.8 Å². The van der Waals surface area contributed by atoms with Crippen LogP contribution in [0.5, 0.6) is 11.5 Å². The zero-order valence-electron chi connectivity index (χ0n) is 11.7. The molecule has 4 nitrogen and oxygen atoms in total. The fraction of sp³-hybridized carbons (Fsp3) is 0.538. The van der Waals surface area contributed by atoms with Crippen LogP contribution < -0.4 is 9.47 Å². The number of halogens is 1. The Morgan fingerprint density at radius 1 is 1.21 bits per heavy atom. The Balaban J connectivity index is 3.31. The van der Waals surface area contributed by atoms with E-state index in [0.29, 0.717) is 11.5 Å². The molecule has 108 valence electrons. The molecule has 1 atom stereocenters. The zero-order chi connectivity index (χ0) is 14.8. The number of alkyl halides is 1. The molecule has 0 amide bonds. The summed E-state index contributed by atoms with van der Waals surface area (Å²) in [5, 5.41) is 0. The number of hydrogen-bond acceptors (Lipinski definition) is 4. The second kappa shape index (κ2) is 5.71. The van der Waals surface area contributed by atoms with Crippen molar-refractivity contribution in [1.29, 1.82) is 0 Å². The monoisotopic (exact) mass is 350 g/mol. The van der Waals surface area contributed by atoms with Gasteiger partial charge in [0.15, 0.2) is 9.84 Å². The molecular weight excluding hydrogens is 332 g/mol. The van der Waals surface area contributed by atoms with E-state index in [1.54, 1.807) is 40.2 Å². The number of methoxy groups -OCH3 is 2. The molecule has 0 saturated heterocycles. The number of sulfone groups is 1. The van der Waals surface area contributed by atoms with E-state index < -0.39 is 14.6 Å². The van der Waals surface area contributed by atoms with Crippen LogP contribution in [-0.2, 0) is 9.84 Å². The molecule has 1 unspecified atom stereocenters. The van der Waals surface area contributed by atoms with Crippen molar-refractivity contribution >= 4 is 25.8 Å². The molecule has 0 aromatic heterocycles. The van der Waals surface area contributed by atoms with E-state index in [0.717, 1.165) is 5.56 Å². The summed E-state index contributed by atoms with van der Waals surface area (Å²) in [4.78, 5) is -0.379. The van der Waals surface area contributed by atoms with Gasteiger partial charge in [0.25, 0.3) is 0 Å². The average Bonchev–Trinajstić information content (AvgIpc) is 2.35. The fourth-order valence-electron chi connectivity index (χ4n) is 1.59. The first-order valence-electron chi connectivity index (χ1n) is 5.70. The summed E-state index contributed by atoms with van der Waals surface area (Å²) in [6.45, 7) is 3.37. The van der Waals surface area contributed by atoms with Crippen molar-refractivity contribution in [3.8, 4) is 11.5 Å². The molecule has 0 bridgehead atoms. The van der Waals surface area contributed by atoms with Crippen molar-refractivity contribution in [1.82, 2.24) is 0 Å². The largest absolute Gasteiger partial charge is 0.497 e. The Morgan fingerprint density at radius 3 is 2.21 bits per heavy atom. The van der Waals surface area contributed by atoms with Crippen LogP contribution in [0, 0.1) is 0 Å². The molecular formula is C13H19BrO4S. The third-order valence-corrected chi connectivity index (χ3v) is 7.37. The van der Waals surface area contributed by atoms with Crippen molar-refractivity contribution in [2.75, 3.05) is 20.5 Å². The highest BCUT2D eigenvalue weighted by molar-refractivity contribution is 9.09. The summed E-state index contributed by atoms with van der Waals surface area (Å²) in [6, 6.07) is 5.33. The quantitative estimate of drug-likeness (QED) is 0.766. The lowest BCUT2D eigenvalue weighted by molar-refractivity contribution is 0.389. The van der Waals surface area contributed by atoms with E-state index in [1.807, 2.05) is 6.07 Å². The van der Waals surface area contributed by atoms with Crippen molar-refractivity contribution in [2.45, 2.75) is 23.4 Å². The molecule has 0 heterocycles. The molecule has 0 saturated carbocycles. The van der Waals surface area contributed by atoms with Gasteiger partial charge in [-0.05, 0) is 19.9 Å². The van der Waals surface area contributed by atoms with Gasteiger partial charge in [-0.15, -0.1) is 0 Å². The molecule has 1 aromatic carbocycles. The van der Waals surface area contributed by atoms with Crippen LogP contribution in [0.25, 0.3) is 0 Å². The zero-order valence-corrected chi connectivity index (χ0v) is 14.1. The summed E-state index contributed by atoms with van der Waals surface area (Å²) in [6.07, 6.45) is 1.23. The molecule has 0 aliphatic heterocycles. The van der Waals surface area contributed by atoms with E-state index in [1.165, 1.54) is 6.26 Å². The molecule has 0 aliphatic rings. The van der Waals surface area contributed by atoms with Crippen molar-refractivity contribution < 1.29 is 17.9 Å². The normalized spacial score (nSPS) is 14.0. The van der Waals surface area contributed by atoms with E-state index >= 15 is 0 Å². The van der Waals surface area contributed by atoms with Gasteiger partial charge in [-0.2, -0.15) is 0 Å². The van der Waals surface area contributed by atoms with E-state index in [4.69, 9.17) is 9.47 Å². The second-order valence-corrected chi connectivity index (χ2v) is 8.36. The summed E-state index contributed by atoms with van der Waals surface area (Å²) in [7, 11) is -0.107. The summed E-state index contributed by atoms with van der Waals surface area (Å²) in [5.41, 5.74) is 0.777. The lowest BCUT2D eigenvalue weighted by Gasteiger charge is -2.29. The van der Waals surface area contributed by atoms with Crippen molar-refractivity contribution in [3.63, 3.8) is 0 Å². The molecule has 6 heteroatoms. The van der Waals surface area contributed by atoms with Crippen LogP contribution in [0.1, 0.15) is 24.2 Å². The third kappa shape index (κ3) is 3.23. The van der Waals surface area contributed by atoms with Gasteiger partial charge < -0.3 is 9.47 Å². The Labute approximate surface area is 123 Å². The minimum atomic E-state index is -3.22. The van der Waals surface area contributed by atoms with Crippen LogP contribution in [0.3, 0.4) is 0 Å². The third-order valence-electron chi connectivity index (χ3n) is 3.28. The van der Waals surface area contributed by atoms with Gasteiger partial charge in [0, 0.05) is 17.9 Å². The second-order valence-electron chi connectivity index (χ2n) is 4.85. The first-order valence-corrected chi connectivity index (χ1v) is 8.51. The molecule has 1 aromatic rings. The van der Waals surface area contributed by atoms with E-state index in [-0.39, 0.29) is 4.83 Å². The highest BCUT2D eigenvalue weighted by Gasteiger charge is 2.39. The first kappa shape index (κ1) is 16.3. The summed E-state index contributed by atoms with van der Waals surface area (Å²) < 4.78 is 33.3. The fourth-order valence-corrected chi connectivity index (χ4v) is 3.49. The van der Waals surface area contributed by atoms with Crippen LogP contribution in [0.15, 0.2) is 18.2 Å². The maximum Gasteiger partial charge on any atom is 0.154 e. The maximum absolute atomic E-state index is 11.9. The van der Waals surface area contributed by atoms with Gasteiger partial charge in [-0.1, -0.05) is 22.0 Å². The number of benzene rings is 1. The highest BCUT2D eigenvalue weighted by Crippen LogP contribution is 2.43. The predicted octanol–water partition coefficient (Wildman–Crippen LogP) is 2.96. The minimum Gasteiger partial charge on any atom is -0.497 e. The average molecular weight is 351 g/mol. The Bertz CT molecular complexity index is 552. The molecule has 0 radical (unpaired) electrons. The van der Waals surface area contributed by atoms with Crippen molar-refractivity contribution in [2.24, 2.45) is 0 Å². The van der Waals surface area contributed by atoms with Crippen LogP contribution >= 0.6 is 15.9 Å². The molecule has 0 fully saturated rings. The first-order chi connectivity index (χ1) is 8.65. The van der Waals surface area contributed by atoms with E-state index in [9.17, 15) is 8.42 Å². The van der Waals surface area contributed by atoms with Crippen LogP contribution in [0.4, 0.5) is 0 Å². The Hall–Kier alpha value is -0.750. The summed E-state index contributed by atoms with van der Waals surface area (Å²) in [5.74, 6) is 1.26. The Kier molecular flexibility index (Phi) is 4.90. The minimum absolute atomic E-state index is 0.379. The molecule has 19 heavy (non-hydrogen) atoms. The van der Waals surface area contributed by atoms with Gasteiger partial charge in [0.2, 0.25) is 0 Å². The lowest BCUT2D eigenvalue weighted by atomic mass is 10.0. The van der Waals surface area contributed by atoms with Crippen LogP contribution in [-0.4, -0.2) is 33.6 Å². The number of rotatable bonds is 5. The number of ether oxygens (including phenoxy) is 2. The van der Waals surface area contributed by atoms with Crippen LogP contribution in [0.2, 0.25) is 0 Å². The van der Waals surface area contributed by atoms with Gasteiger partial charge in [0.1, 0.15) is 11.5 Å². The van der Waals surface area contributed by atoms with Gasteiger partial charge in [-0.25, -0.2) is 8.42 Å². The molecule has 0 N–H and O–H groups in total. The van der Waals surface area contributed by atoms with Crippen molar-refractivity contribution in [3.05, 3.63) is 23.8 Å². The predicted molar refractivity (Wildman–Crippen MR) is 80.1 cm³/mol. The smallest absolute Gasteiger partial charge is 0.154 e. The molecule has 1 rings (SSSR count). The van der Waals surface area contributed by atoms with Gasteiger partial charge in [-0.3, -0.25) is 0 Å². The topological polar surface area (TPSA) is 52.6 Å². The molecule has 0 aliphatic carbocycles. The van der Waals surface area contributed by atoms with E-state index in [2.05, 4.69) is 15.9 Å². The molecule has 0 spiro atoms. The standard InChI is InChI=1S/C13H19BrO4S/c1-13(2,19(5,15)16)12(14)10-7-6-9(17-3)8-11(10)18-4/h6-8,12H,1-5H3. The highest BCUT2D eigenvalue weighted by atomic mass is 79.9. The maximum atomic E-state index is 11.9. The lowest BCUT2D eigenvalue weighted by Crippen LogP contribution is -2.35. The van der Waals surface area contributed by atoms with Gasteiger partial charge >= 0.3 is 0 Å². The summed E-state index contributed by atoms with van der Waals surface area (Å²) >= 11 is 3.48.